The zero-order valence-corrected chi connectivity index (χ0v) is 14.8. The van der Waals surface area contributed by atoms with Crippen molar-refractivity contribution < 1.29 is 9.31 Å². The van der Waals surface area contributed by atoms with Gasteiger partial charge in [0.2, 0.25) is 0 Å². The predicted molar refractivity (Wildman–Crippen MR) is 87.0 cm³/mol. The molecule has 1 radical (unpaired) electrons. The second-order valence-corrected chi connectivity index (χ2v) is 8.07. The maximum Gasteiger partial charge on any atom is 0.497 e. The fourth-order valence-electron chi connectivity index (χ4n) is 2.48. The third kappa shape index (κ3) is 2.76. The van der Waals surface area contributed by atoms with Crippen LogP contribution in [0.4, 0.5) is 0 Å². The standard InChI is InChI=1S/C17H27BNO2/c1-11-10-19-14(15(3,4)5)13(12(11)2)18-20-16(6,7)17(8,9)21-18/h1-9H3. The van der Waals surface area contributed by atoms with Gasteiger partial charge in [-0.2, -0.15) is 0 Å². The minimum Gasteiger partial charge on any atom is -0.399 e. The molecule has 1 aliphatic heterocycles. The average molecular weight is 288 g/mol. The summed E-state index contributed by atoms with van der Waals surface area (Å²) < 4.78 is 12.5. The lowest BCUT2D eigenvalue weighted by Crippen LogP contribution is -2.42. The molecule has 0 spiro atoms. The fraction of sp³-hybridized carbons (Fsp3) is 0.706. The van der Waals surface area contributed by atoms with E-state index in [1.54, 1.807) is 0 Å². The lowest BCUT2D eigenvalue weighted by atomic mass is 9.69. The van der Waals surface area contributed by atoms with Gasteiger partial charge in [0.15, 0.2) is 0 Å². The van der Waals surface area contributed by atoms with E-state index in [9.17, 15) is 0 Å². The fourth-order valence-corrected chi connectivity index (χ4v) is 2.48. The normalized spacial score (nSPS) is 20.9. The molecule has 2 rings (SSSR count). The van der Waals surface area contributed by atoms with Crippen molar-refractivity contribution in [1.29, 1.82) is 0 Å². The Kier molecular flexibility index (Phi) is 3.79. The first kappa shape index (κ1) is 16.5. The highest BCUT2D eigenvalue weighted by Crippen LogP contribution is 2.37. The minimum absolute atomic E-state index is 0.0755. The summed E-state index contributed by atoms with van der Waals surface area (Å²) >= 11 is 0. The molecule has 1 aliphatic rings. The van der Waals surface area contributed by atoms with Gasteiger partial charge in [-0.3, -0.25) is 4.98 Å². The lowest BCUT2D eigenvalue weighted by molar-refractivity contribution is 0.00578. The number of aryl methyl sites for hydroxylation is 1. The number of pyridine rings is 1. The van der Waals surface area contributed by atoms with E-state index in [1.807, 2.05) is 6.92 Å². The Balaban J connectivity index is 2.57. The van der Waals surface area contributed by atoms with Gasteiger partial charge >= 0.3 is 7.12 Å². The Bertz CT molecular complexity index is 543. The third-order valence-corrected chi connectivity index (χ3v) is 4.76. The molecule has 1 saturated heterocycles. The highest BCUT2D eigenvalue weighted by molar-refractivity contribution is 6.63. The van der Waals surface area contributed by atoms with Crippen molar-refractivity contribution >= 4 is 12.6 Å². The summed E-state index contributed by atoms with van der Waals surface area (Å²) in [6.07, 6.45) is 3.12. The van der Waals surface area contributed by atoms with E-state index in [2.05, 4.69) is 66.6 Å². The first-order chi connectivity index (χ1) is 9.37. The molecule has 0 atom stereocenters. The van der Waals surface area contributed by atoms with Gasteiger partial charge in [0.1, 0.15) is 0 Å². The Hall–Kier alpha value is -0.865. The van der Waals surface area contributed by atoms with Crippen LogP contribution in [-0.2, 0) is 14.7 Å². The molecule has 115 valence electrons. The first-order valence-corrected chi connectivity index (χ1v) is 7.62. The van der Waals surface area contributed by atoms with Crippen molar-refractivity contribution in [2.75, 3.05) is 0 Å². The van der Waals surface area contributed by atoms with Crippen molar-refractivity contribution in [3.8, 4) is 0 Å². The highest BCUT2D eigenvalue weighted by Gasteiger charge is 2.53. The molecule has 0 amide bonds. The van der Waals surface area contributed by atoms with E-state index in [1.165, 1.54) is 0 Å². The maximum absolute atomic E-state index is 6.25. The second kappa shape index (κ2) is 4.82. The smallest absolute Gasteiger partial charge is 0.399 e. The van der Waals surface area contributed by atoms with E-state index in [-0.39, 0.29) is 23.7 Å². The van der Waals surface area contributed by atoms with Crippen LogP contribution in [0.2, 0.25) is 0 Å². The van der Waals surface area contributed by atoms with Crippen molar-refractivity contribution in [2.45, 2.75) is 78.9 Å². The van der Waals surface area contributed by atoms with Crippen LogP contribution in [0.1, 0.15) is 65.3 Å². The molecule has 0 bridgehead atoms. The Morgan fingerprint density at radius 3 is 1.90 bits per heavy atom. The van der Waals surface area contributed by atoms with Gasteiger partial charge < -0.3 is 9.31 Å². The van der Waals surface area contributed by atoms with Crippen molar-refractivity contribution in [3.63, 3.8) is 0 Å². The van der Waals surface area contributed by atoms with E-state index in [0.717, 1.165) is 22.3 Å². The molecule has 4 heteroatoms. The number of hydrogen-bond donors (Lipinski definition) is 0. The van der Waals surface area contributed by atoms with Gasteiger partial charge in [-0.05, 0) is 52.7 Å². The van der Waals surface area contributed by atoms with E-state index >= 15 is 0 Å². The monoisotopic (exact) mass is 288 g/mol. The first-order valence-electron chi connectivity index (χ1n) is 7.62. The second-order valence-electron chi connectivity index (χ2n) is 8.07. The van der Waals surface area contributed by atoms with E-state index in [0.29, 0.717) is 0 Å². The molecule has 0 aliphatic carbocycles. The van der Waals surface area contributed by atoms with Crippen molar-refractivity contribution in [2.24, 2.45) is 0 Å². The molecule has 1 aromatic rings. The van der Waals surface area contributed by atoms with Gasteiger partial charge in [0, 0.05) is 16.6 Å². The quantitative estimate of drug-likeness (QED) is 0.744. The molecular weight excluding hydrogens is 261 g/mol. The lowest BCUT2D eigenvalue weighted by Gasteiger charge is -2.32. The van der Waals surface area contributed by atoms with Gasteiger partial charge in [-0.15, -0.1) is 0 Å². The summed E-state index contributed by atoms with van der Waals surface area (Å²) in [4.78, 5) is 4.57. The third-order valence-electron chi connectivity index (χ3n) is 4.76. The minimum atomic E-state index is -0.370. The highest BCUT2D eigenvalue weighted by atomic mass is 16.7. The average Bonchev–Trinajstić information content (AvgIpc) is 2.49. The molecule has 1 fully saturated rings. The summed E-state index contributed by atoms with van der Waals surface area (Å²) in [7, 11) is -0.370. The van der Waals surface area contributed by atoms with Crippen LogP contribution in [0, 0.1) is 20.0 Å². The van der Waals surface area contributed by atoms with Gasteiger partial charge in [-0.25, -0.2) is 0 Å². The molecule has 0 unspecified atom stereocenters. The van der Waals surface area contributed by atoms with Crippen LogP contribution >= 0.6 is 0 Å². The molecule has 0 N–H and O–H groups in total. The molecule has 0 saturated carbocycles. The summed E-state index contributed by atoms with van der Waals surface area (Å²) in [6.45, 7) is 18.9. The zero-order chi connectivity index (χ0) is 16.2. The number of rotatable bonds is 1. The number of aromatic nitrogens is 1. The van der Waals surface area contributed by atoms with Crippen molar-refractivity contribution in [1.82, 2.24) is 4.98 Å². The molecule has 3 nitrogen and oxygen atoms in total. The Labute approximate surface area is 129 Å². The largest absolute Gasteiger partial charge is 0.497 e. The van der Waals surface area contributed by atoms with Crippen LogP contribution in [-0.4, -0.2) is 23.3 Å². The summed E-state index contributed by atoms with van der Waals surface area (Å²) in [5, 5.41) is 0. The van der Waals surface area contributed by atoms with E-state index < -0.39 is 0 Å². The van der Waals surface area contributed by atoms with Crippen LogP contribution in [0.25, 0.3) is 0 Å². The molecule has 1 aromatic heterocycles. The van der Waals surface area contributed by atoms with Crippen LogP contribution in [0.15, 0.2) is 0 Å². The van der Waals surface area contributed by atoms with Crippen LogP contribution in [0.3, 0.4) is 0 Å². The van der Waals surface area contributed by atoms with Gasteiger partial charge in [0.25, 0.3) is 0 Å². The predicted octanol–water partition coefficient (Wildman–Crippen LogP) is 3.10. The summed E-state index contributed by atoms with van der Waals surface area (Å²) in [6, 6.07) is 0. The van der Waals surface area contributed by atoms with Crippen molar-refractivity contribution in [3.05, 3.63) is 23.0 Å². The number of nitrogens with zero attached hydrogens (tertiary/aromatic N) is 1. The van der Waals surface area contributed by atoms with Gasteiger partial charge in [-0.1, -0.05) is 20.8 Å². The summed E-state index contributed by atoms with van der Waals surface area (Å²) in [5.74, 6) is 0. The van der Waals surface area contributed by atoms with Gasteiger partial charge in [0.05, 0.1) is 17.4 Å². The molecule has 0 aromatic carbocycles. The SMILES string of the molecule is Cc1[c]nc(C(C)(C)C)c(B2OC(C)(C)C(C)(C)O2)c1C. The molecule has 21 heavy (non-hydrogen) atoms. The van der Waals surface area contributed by atoms with Crippen LogP contribution in [0.5, 0.6) is 0 Å². The molecular formula is C17H27BNO2. The molecule has 2 heterocycles. The number of hydrogen-bond acceptors (Lipinski definition) is 3. The maximum atomic E-state index is 6.25. The Morgan fingerprint density at radius 2 is 1.48 bits per heavy atom. The zero-order valence-electron chi connectivity index (χ0n) is 14.8. The van der Waals surface area contributed by atoms with Crippen LogP contribution < -0.4 is 5.46 Å². The van der Waals surface area contributed by atoms with E-state index in [4.69, 9.17) is 9.31 Å². The Morgan fingerprint density at radius 1 is 1.00 bits per heavy atom. The summed E-state index contributed by atoms with van der Waals surface area (Å²) in [5.41, 5.74) is 3.52. The topological polar surface area (TPSA) is 31.4 Å².